The average molecular weight is 853 g/mol. The van der Waals surface area contributed by atoms with E-state index in [1.54, 1.807) is 33.2 Å². The van der Waals surface area contributed by atoms with Crippen molar-refractivity contribution in [3.8, 4) is 0 Å². The smallest absolute Gasteiger partial charge is 0.311 e. The van der Waals surface area contributed by atoms with Crippen molar-refractivity contribution >= 4 is 23.5 Å². The summed E-state index contributed by atoms with van der Waals surface area (Å²) in [6.45, 7) is 14.5. The molecule has 16 heteroatoms. The van der Waals surface area contributed by atoms with E-state index in [4.69, 9.17) is 19.4 Å². The summed E-state index contributed by atoms with van der Waals surface area (Å²) >= 11 is 0. The van der Waals surface area contributed by atoms with Gasteiger partial charge < -0.3 is 50.0 Å². The molecule has 14 atom stereocenters. The van der Waals surface area contributed by atoms with Gasteiger partial charge >= 0.3 is 5.97 Å². The summed E-state index contributed by atoms with van der Waals surface area (Å²) < 4.78 is 18.6. The summed E-state index contributed by atoms with van der Waals surface area (Å²) in [4.78, 5) is 41.1. The molecule has 2 aliphatic rings. The molecule has 0 bridgehead atoms. The maximum absolute atomic E-state index is 13.6. The molecule has 0 saturated carbocycles. The number of nitrogens with zero attached hydrogens (tertiary/aromatic N) is 2. The summed E-state index contributed by atoms with van der Waals surface area (Å²) in [5.41, 5.74) is -0.163. The van der Waals surface area contributed by atoms with Crippen LogP contribution in [0.2, 0.25) is 0 Å². The average Bonchev–Trinajstić information content (AvgIpc) is 3.19. The SMILES string of the molecule is CC[C@H]1OC(=O)[C@H](C)[C@@H](O)[C@H](C)[C@@H](O[C@@H]2O[C@H](C)C[C@H](N(C)Cc3ccc(NC(=O)CCCCCCC(=O)NO)cc3)[C@H]2O)[C@](C)(O)C[C@@H](C)CN(C)[C@H](C)[C@@H](O)[C@]1(C)O. The van der Waals surface area contributed by atoms with Crippen molar-refractivity contribution in [3.63, 3.8) is 0 Å². The van der Waals surface area contributed by atoms with E-state index in [1.807, 2.05) is 62.0 Å². The Balaban J connectivity index is 1.75. The number of hydrogen-bond donors (Lipinski definition) is 8. The number of rotatable bonds is 14. The second-order valence-corrected chi connectivity index (χ2v) is 18.3. The van der Waals surface area contributed by atoms with Crippen LogP contribution in [0.25, 0.3) is 0 Å². The standard InChI is InChI=1S/C44H76N4O12/c1-11-34-44(8,56)39(53)30(6)47(9)24-26(2)23-43(7,55)40(28(4)37(51)29(5)41(54)59-34)60-42-38(52)33(22-27(3)58-42)48(10)25-31-18-20-32(21-19-31)45-35(49)16-14-12-13-15-17-36(50)46-57/h18-21,26-30,33-34,37-40,42,51-53,55-57H,11-17,22-25H2,1-10H3,(H,45,49)(H,46,50)/t26-,27-,28+,29-,30-,33+,34-,37+,38-,39-,40-,42+,43-,44-/m1/s1. The second-order valence-electron chi connectivity index (χ2n) is 18.3. The quantitative estimate of drug-likeness (QED) is 0.0582. The molecule has 0 spiro atoms. The molecule has 1 aromatic carbocycles. The number of unbranched alkanes of at least 4 members (excludes halogenated alkanes) is 3. The number of cyclic esters (lactones) is 1. The summed E-state index contributed by atoms with van der Waals surface area (Å²) in [5, 5.41) is 70.1. The third-order valence-corrected chi connectivity index (χ3v) is 12.7. The molecule has 60 heavy (non-hydrogen) atoms. The molecule has 2 amide bonds. The monoisotopic (exact) mass is 853 g/mol. The van der Waals surface area contributed by atoms with Gasteiger partial charge in [0.2, 0.25) is 11.8 Å². The van der Waals surface area contributed by atoms with Gasteiger partial charge in [-0.1, -0.05) is 45.7 Å². The minimum Gasteiger partial charge on any atom is -0.459 e. The van der Waals surface area contributed by atoms with Gasteiger partial charge in [0.1, 0.15) is 23.9 Å². The lowest BCUT2D eigenvalue weighted by molar-refractivity contribution is -0.300. The van der Waals surface area contributed by atoms with Crippen LogP contribution in [-0.4, -0.2) is 145 Å². The number of carbonyl (C=O) groups is 3. The number of hydrogen-bond acceptors (Lipinski definition) is 14. The number of likely N-dealkylation sites (N-methyl/N-ethyl adjacent to an activating group) is 2. The molecule has 344 valence electrons. The third-order valence-electron chi connectivity index (χ3n) is 12.7. The lowest BCUT2D eigenvalue weighted by Gasteiger charge is -2.47. The maximum Gasteiger partial charge on any atom is 0.311 e. The van der Waals surface area contributed by atoms with E-state index in [0.29, 0.717) is 44.5 Å². The van der Waals surface area contributed by atoms with E-state index in [-0.39, 0.29) is 37.2 Å². The van der Waals surface area contributed by atoms with Crippen LogP contribution in [0.4, 0.5) is 5.69 Å². The maximum atomic E-state index is 13.6. The highest BCUT2D eigenvalue weighted by atomic mass is 16.7. The minimum atomic E-state index is -1.79. The fourth-order valence-corrected chi connectivity index (χ4v) is 8.96. The van der Waals surface area contributed by atoms with Crippen molar-refractivity contribution in [3.05, 3.63) is 29.8 Å². The van der Waals surface area contributed by atoms with E-state index in [9.17, 15) is 39.9 Å². The molecule has 3 rings (SSSR count). The molecule has 2 aliphatic heterocycles. The molecule has 0 unspecified atom stereocenters. The third kappa shape index (κ3) is 14.1. The van der Waals surface area contributed by atoms with Crippen LogP contribution in [0.1, 0.15) is 119 Å². The first-order valence-electron chi connectivity index (χ1n) is 21.8. The van der Waals surface area contributed by atoms with Crippen LogP contribution in [-0.2, 0) is 35.1 Å². The van der Waals surface area contributed by atoms with Crippen LogP contribution < -0.4 is 10.8 Å². The van der Waals surface area contributed by atoms with E-state index < -0.39 is 83.8 Å². The number of benzene rings is 1. The molecule has 2 saturated heterocycles. The fraction of sp³-hybridized carbons (Fsp3) is 0.795. The van der Waals surface area contributed by atoms with Crippen molar-refractivity contribution in [2.75, 3.05) is 26.0 Å². The molecular formula is C44H76N4O12. The van der Waals surface area contributed by atoms with Gasteiger partial charge in [0.15, 0.2) is 6.29 Å². The molecule has 0 aliphatic carbocycles. The molecule has 1 aromatic rings. The van der Waals surface area contributed by atoms with Crippen LogP contribution in [0, 0.1) is 17.8 Å². The topological polar surface area (TPSA) is 231 Å². The van der Waals surface area contributed by atoms with Crippen LogP contribution in [0.15, 0.2) is 24.3 Å². The highest BCUT2D eigenvalue weighted by Crippen LogP contribution is 2.37. The first kappa shape index (κ1) is 51.6. The highest BCUT2D eigenvalue weighted by molar-refractivity contribution is 5.90. The predicted molar refractivity (Wildman–Crippen MR) is 225 cm³/mol. The van der Waals surface area contributed by atoms with Gasteiger partial charge in [-0.15, -0.1) is 0 Å². The second kappa shape index (κ2) is 23.1. The van der Waals surface area contributed by atoms with E-state index in [1.165, 1.54) is 13.8 Å². The summed E-state index contributed by atoms with van der Waals surface area (Å²) in [7, 11) is 3.71. The van der Waals surface area contributed by atoms with E-state index in [0.717, 1.165) is 18.4 Å². The first-order valence-corrected chi connectivity index (χ1v) is 21.8. The Kier molecular flexibility index (Phi) is 19.8. The van der Waals surface area contributed by atoms with Crippen molar-refractivity contribution in [2.24, 2.45) is 17.8 Å². The Morgan fingerprint density at radius 1 is 0.950 bits per heavy atom. The number of hydroxylamine groups is 1. The lowest BCUT2D eigenvalue weighted by Crippen LogP contribution is -2.59. The van der Waals surface area contributed by atoms with Crippen molar-refractivity contribution in [2.45, 2.75) is 186 Å². The zero-order chi connectivity index (χ0) is 45.1. The molecule has 0 radical (unpaired) electrons. The Hall–Kier alpha value is -2.77. The van der Waals surface area contributed by atoms with Gasteiger partial charge in [0.25, 0.3) is 0 Å². The zero-order valence-electron chi connectivity index (χ0n) is 37.5. The van der Waals surface area contributed by atoms with Crippen molar-refractivity contribution < 1.29 is 59.3 Å². The van der Waals surface area contributed by atoms with Gasteiger partial charge in [-0.3, -0.25) is 24.5 Å². The fourth-order valence-electron chi connectivity index (χ4n) is 8.96. The van der Waals surface area contributed by atoms with Gasteiger partial charge in [-0.2, -0.15) is 0 Å². The number of aliphatic hydroxyl groups excluding tert-OH is 3. The van der Waals surface area contributed by atoms with Gasteiger partial charge in [-0.05, 0) is 104 Å². The lowest BCUT2D eigenvalue weighted by atomic mass is 9.78. The number of ether oxygens (including phenoxy) is 3. The van der Waals surface area contributed by atoms with Crippen LogP contribution in [0.3, 0.4) is 0 Å². The molecule has 0 aromatic heterocycles. The van der Waals surface area contributed by atoms with Crippen molar-refractivity contribution in [1.82, 2.24) is 15.3 Å². The van der Waals surface area contributed by atoms with Gasteiger partial charge in [-0.25, -0.2) is 5.48 Å². The number of aliphatic hydroxyl groups is 5. The normalized spacial score (nSPS) is 36.5. The Morgan fingerprint density at radius 3 is 2.13 bits per heavy atom. The molecule has 8 N–H and O–H groups in total. The zero-order valence-corrected chi connectivity index (χ0v) is 37.5. The Bertz CT molecular complexity index is 1500. The first-order chi connectivity index (χ1) is 28.0. The number of esters is 1. The van der Waals surface area contributed by atoms with Gasteiger partial charge in [0, 0.05) is 49.6 Å². The Morgan fingerprint density at radius 2 is 1.55 bits per heavy atom. The summed E-state index contributed by atoms with van der Waals surface area (Å²) in [5.74, 6) is -3.42. The summed E-state index contributed by atoms with van der Waals surface area (Å²) in [6, 6.07) is 6.52. The molecule has 16 nitrogen and oxygen atoms in total. The van der Waals surface area contributed by atoms with Crippen molar-refractivity contribution in [1.29, 1.82) is 0 Å². The summed E-state index contributed by atoms with van der Waals surface area (Å²) in [6.07, 6.45) is -3.13. The molecular weight excluding hydrogens is 776 g/mol. The number of nitrogens with one attached hydrogen (secondary N) is 2. The number of carbonyl (C=O) groups excluding carboxylic acids is 3. The van der Waals surface area contributed by atoms with Gasteiger partial charge in [0.05, 0.1) is 29.8 Å². The number of amides is 2. The molecule has 2 heterocycles. The number of anilines is 1. The minimum absolute atomic E-state index is 0.105. The largest absolute Gasteiger partial charge is 0.459 e. The Labute approximate surface area is 356 Å². The van der Waals surface area contributed by atoms with E-state index in [2.05, 4.69) is 5.32 Å². The predicted octanol–water partition coefficient (Wildman–Crippen LogP) is 3.33. The van der Waals surface area contributed by atoms with Crippen LogP contribution in [0.5, 0.6) is 0 Å². The van der Waals surface area contributed by atoms with E-state index >= 15 is 0 Å². The van der Waals surface area contributed by atoms with Crippen LogP contribution >= 0.6 is 0 Å². The highest BCUT2D eigenvalue weighted by Gasteiger charge is 2.50. The molecule has 2 fully saturated rings.